The van der Waals surface area contributed by atoms with Crippen molar-refractivity contribution in [2.24, 2.45) is 4.99 Å². The molecular formula is C24H33N5O. The van der Waals surface area contributed by atoms with Crippen molar-refractivity contribution in [2.45, 2.75) is 45.4 Å². The van der Waals surface area contributed by atoms with Gasteiger partial charge in [0.05, 0.1) is 0 Å². The van der Waals surface area contributed by atoms with E-state index in [1.165, 1.54) is 5.56 Å². The monoisotopic (exact) mass is 407 g/mol. The fraction of sp³-hybridized carbons (Fsp3) is 0.417. The lowest BCUT2D eigenvalue weighted by Gasteiger charge is -2.21. The third kappa shape index (κ3) is 6.07. The fourth-order valence-corrected chi connectivity index (χ4v) is 3.85. The minimum atomic E-state index is -0.0371. The molecular weight excluding hydrogens is 374 g/mol. The Labute approximate surface area is 179 Å². The molecule has 2 aromatic carbocycles. The Morgan fingerprint density at radius 3 is 2.47 bits per heavy atom. The summed E-state index contributed by atoms with van der Waals surface area (Å²) in [5.41, 5.74) is 3.14. The van der Waals surface area contributed by atoms with Crippen molar-refractivity contribution in [3.05, 3.63) is 71.3 Å². The van der Waals surface area contributed by atoms with E-state index < -0.39 is 0 Å². The summed E-state index contributed by atoms with van der Waals surface area (Å²) in [5.74, 6) is 0.770. The van der Waals surface area contributed by atoms with Crippen molar-refractivity contribution in [1.29, 1.82) is 0 Å². The number of benzene rings is 2. The summed E-state index contributed by atoms with van der Waals surface area (Å²) in [7, 11) is 1.80. The molecule has 6 nitrogen and oxygen atoms in total. The standard InChI is InChI=1S/C24H33N5O/c1-4-26-23(30)21-12-10-19(11-13-21)15-27-24(25-3)28-22-14-18(2)29(17-22)16-20-8-6-5-7-9-20/h5-13,18,22H,4,14-17H2,1-3H3,(H,26,30)(H2,25,27,28). The molecule has 2 atom stereocenters. The van der Waals surface area contributed by atoms with E-state index in [4.69, 9.17) is 0 Å². The number of hydrogen-bond donors (Lipinski definition) is 3. The topological polar surface area (TPSA) is 68.8 Å². The van der Waals surface area contributed by atoms with Crippen LogP contribution in [-0.4, -0.2) is 49.0 Å². The minimum Gasteiger partial charge on any atom is -0.352 e. The van der Waals surface area contributed by atoms with Crippen LogP contribution in [0.1, 0.15) is 41.8 Å². The van der Waals surface area contributed by atoms with Crippen LogP contribution in [-0.2, 0) is 13.1 Å². The number of hydrogen-bond acceptors (Lipinski definition) is 3. The number of guanidine groups is 1. The number of amides is 1. The molecule has 0 aliphatic carbocycles. The fourth-order valence-electron chi connectivity index (χ4n) is 3.85. The van der Waals surface area contributed by atoms with Crippen molar-refractivity contribution in [1.82, 2.24) is 20.9 Å². The molecule has 1 aliphatic heterocycles. The Balaban J connectivity index is 1.48. The molecule has 30 heavy (non-hydrogen) atoms. The Morgan fingerprint density at radius 1 is 1.07 bits per heavy atom. The van der Waals surface area contributed by atoms with E-state index in [0.717, 1.165) is 31.0 Å². The van der Waals surface area contributed by atoms with E-state index in [0.29, 0.717) is 30.7 Å². The second-order valence-electron chi connectivity index (χ2n) is 7.82. The quantitative estimate of drug-likeness (QED) is 0.488. The highest BCUT2D eigenvalue weighted by atomic mass is 16.1. The van der Waals surface area contributed by atoms with Crippen LogP contribution in [0.15, 0.2) is 59.6 Å². The normalized spacial score (nSPS) is 19.5. The van der Waals surface area contributed by atoms with Crippen molar-refractivity contribution in [3.8, 4) is 0 Å². The van der Waals surface area contributed by atoms with Crippen LogP contribution in [0.25, 0.3) is 0 Å². The summed E-state index contributed by atoms with van der Waals surface area (Å²) in [6.07, 6.45) is 1.09. The zero-order valence-electron chi connectivity index (χ0n) is 18.2. The molecule has 1 aliphatic rings. The maximum Gasteiger partial charge on any atom is 0.251 e. The number of carbonyl (C=O) groups excluding carboxylic acids is 1. The summed E-state index contributed by atoms with van der Waals surface area (Å²) in [6, 6.07) is 19.2. The third-order valence-corrected chi connectivity index (χ3v) is 5.51. The van der Waals surface area contributed by atoms with Gasteiger partial charge in [-0.05, 0) is 43.5 Å². The van der Waals surface area contributed by atoms with E-state index in [1.807, 2.05) is 31.2 Å². The lowest BCUT2D eigenvalue weighted by molar-refractivity contribution is 0.0956. The van der Waals surface area contributed by atoms with Crippen molar-refractivity contribution in [2.75, 3.05) is 20.1 Å². The molecule has 0 aromatic heterocycles. The molecule has 3 rings (SSSR count). The summed E-state index contributed by atoms with van der Waals surface area (Å²) in [5, 5.41) is 9.76. The predicted octanol–water partition coefficient (Wildman–Crippen LogP) is 2.76. The highest BCUT2D eigenvalue weighted by Crippen LogP contribution is 2.20. The van der Waals surface area contributed by atoms with E-state index in [2.05, 4.69) is 63.1 Å². The molecule has 0 spiro atoms. The molecule has 0 saturated carbocycles. The van der Waals surface area contributed by atoms with Gasteiger partial charge >= 0.3 is 0 Å². The van der Waals surface area contributed by atoms with Crippen LogP contribution in [0.5, 0.6) is 0 Å². The predicted molar refractivity (Wildman–Crippen MR) is 123 cm³/mol. The Bertz CT molecular complexity index is 834. The summed E-state index contributed by atoms with van der Waals surface area (Å²) >= 11 is 0. The van der Waals surface area contributed by atoms with Gasteiger partial charge in [0, 0.05) is 50.9 Å². The molecule has 0 bridgehead atoms. The molecule has 0 radical (unpaired) electrons. The van der Waals surface area contributed by atoms with Crippen LogP contribution >= 0.6 is 0 Å². The van der Waals surface area contributed by atoms with Crippen molar-refractivity contribution < 1.29 is 4.79 Å². The van der Waals surface area contributed by atoms with Gasteiger partial charge in [-0.25, -0.2) is 0 Å². The molecule has 1 amide bonds. The van der Waals surface area contributed by atoms with Crippen LogP contribution in [0.3, 0.4) is 0 Å². The van der Waals surface area contributed by atoms with Gasteiger partial charge < -0.3 is 16.0 Å². The molecule has 6 heteroatoms. The first kappa shape index (κ1) is 21.8. The minimum absolute atomic E-state index is 0.0371. The van der Waals surface area contributed by atoms with Gasteiger partial charge in [0.15, 0.2) is 5.96 Å². The zero-order chi connectivity index (χ0) is 21.3. The van der Waals surface area contributed by atoms with Crippen LogP contribution in [0.4, 0.5) is 0 Å². The van der Waals surface area contributed by atoms with Crippen LogP contribution < -0.4 is 16.0 Å². The molecule has 3 N–H and O–H groups in total. The van der Waals surface area contributed by atoms with E-state index in [1.54, 1.807) is 7.05 Å². The van der Waals surface area contributed by atoms with Crippen LogP contribution in [0, 0.1) is 0 Å². The lowest BCUT2D eigenvalue weighted by Crippen LogP contribution is -2.44. The lowest BCUT2D eigenvalue weighted by atomic mass is 10.1. The molecule has 160 valence electrons. The summed E-state index contributed by atoms with van der Waals surface area (Å²) in [6.45, 7) is 7.47. The number of rotatable bonds is 7. The third-order valence-electron chi connectivity index (χ3n) is 5.51. The largest absolute Gasteiger partial charge is 0.352 e. The highest BCUT2D eigenvalue weighted by Gasteiger charge is 2.29. The number of likely N-dealkylation sites (tertiary alicyclic amines) is 1. The number of aliphatic imine (C=N–C) groups is 1. The highest BCUT2D eigenvalue weighted by molar-refractivity contribution is 5.94. The van der Waals surface area contributed by atoms with E-state index in [-0.39, 0.29) is 5.91 Å². The van der Waals surface area contributed by atoms with Gasteiger partial charge in [-0.1, -0.05) is 42.5 Å². The average Bonchev–Trinajstić information content (AvgIpc) is 3.11. The summed E-state index contributed by atoms with van der Waals surface area (Å²) < 4.78 is 0. The molecule has 1 heterocycles. The van der Waals surface area contributed by atoms with E-state index in [9.17, 15) is 4.79 Å². The average molecular weight is 408 g/mol. The number of nitrogens with zero attached hydrogens (tertiary/aromatic N) is 2. The van der Waals surface area contributed by atoms with Gasteiger partial charge in [0.2, 0.25) is 0 Å². The van der Waals surface area contributed by atoms with Gasteiger partial charge in [-0.15, -0.1) is 0 Å². The van der Waals surface area contributed by atoms with Gasteiger partial charge in [-0.2, -0.15) is 0 Å². The smallest absolute Gasteiger partial charge is 0.251 e. The first-order valence-electron chi connectivity index (χ1n) is 10.7. The SMILES string of the molecule is CCNC(=O)c1ccc(CNC(=NC)NC2CC(C)N(Cc3ccccc3)C2)cc1. The Hall–Kier alpha value is -2.86. The molecule has 1 saturated heterocycles. The maximum absolute atomic E-state index is 11.9. The molecule has 2 unspecified atom stereocenters. The zero-order valence-corrected chi connectivity index (χ0v) is 18.2. The molecule has 1 fully saturated rings. The number of nitrogens with one attached hydrogen (secondary N) is 3. The first-order valence-corrected chi connectivity index (χ1v) is 10.7. The van der Waals surface area contributed by atoms with Gasteiger partial charge in [-0.3, -0.25) is 14.7 Å². The van der Waals surface area contributed by atoms with E-state index >= 15 is 0 Å². The molecule has 2 aromatic rings. The Kier molecular flexibility index (Phi) is 7.85. The second kappa shape index (κ2) is 10.8. The van der Waals surface area contributed by atoms with Gasteiger partial charge in [0.25, 0.3) is 5.91 Å². The Morgan fingerprint density at radius 2 is 1.80 bits per heavy atom. The first-order chi connectivity index (χ1) is 14.6. The van der Waals surface area contributed by atoms with Gasteiger partial charge in [0.1, 0.15) is 0 Å². The van der Waals surface area contributed by atoms with Crippen molar-refractivity contribution in [3.63, 3.8) is 0 Å². The maximum atomic E-state index is 11.9. The second-order valence-corrected chi connectivity index (χ2v) is 7.82. The number of carbonyl (C=O) groups is 1. The van der Waals surface area contributed by atoms with Crippen molar-refractivity contribution >= 4 is 11.9 Å². The van der Waals surface area contributed by atoms with Crippen LogP contribution in [0.2, 0.25) is 0 Å². The summed E-state index contributed by atoms with van der Waals surface area (Å²) in [4.78, 5) is 18.8.